The molecule has 21 heavy (non-hydrogen) atoms. The minimum absolute atomic E-state index is 0.431. The van der Waals surface area contributed by atoms with Gasteiger partial charge in [0, 0.05) is 19.6 Å². The smallest absolute Gasteiger partial charge is 0.224 e. The zero-order valence-corrected chi connectivity index (χ0v) is 12.5. The lowest BCUT2D eigenvalue weighted by Crippen LogP contribution is -2.01. The summed E-state index contributed by atoms with van der Waals surface area (Å²) in [6, 6.07) is 9.52. The van der Waals surface area contributed by atoms with Gasteiger partial charge in [-0.15, -0.1) is 0 Å². The maximum Gasteiger partial charge on any atom is 0.224 e. The van der Waals surface area contributed by atoms with E-state index in [2.05, 4.69) is 16.9 Å². The lowest BCUT2D eigenvalue weighted by molar-refractivity contribution is 0.202. The van der Waals surface area contributed by atoms with Crippen molar-refractivity contribution in [3.05, 3.63) is 41.7 Å². The monoisotopic (exact) mass is 287 g/mol. The third-order valence-electron chi connectivity index (χ3n) is 2.98. The third-order valence-corrected chi connectivity index (χ3v) is 2.98. The van der Waals surface area contributed by atoms with Gasteiger partial charge in [-0.1, -0.05) is 19.1 Å². The Morgan fingerprint density at radius 3 is 2.52 bits per heavy atom. The second-order valence-corrected chi connectivity index (χ2v) is 4.79. The highest BCUT2D eigenvalue weighted by Crippen LogP contribution is 2.21. The van der Waals surface area contributed by atoms with E-state index >= 15 is 0 Å². The molecule has 5 heteroatoms. The Morgan fingerprint density at radius 2 is 1.86 bits per heavy atom. The van der Waals surface area contributed by atoms with E-state index in [9.17, 15) is 0 Å². The van der Waals surface area contributed by atoms with Gasteiger partial charge < -0.3 is 15.2 Å². The van der Waals surface area contributed by atoms with Crippen LogP contribution in [0.1, 0.15) is 24.7 Å². The molecular weight excluding hydrogens is 266 g/mol. The van der Waals surface area contributed by atoms with E-state index in [0.717, 1.165) is 25.0 Å². The summed E-state index contributed by atoms with van der Waals surface area (Å²) in [5.41, 5.74) is 6.98. The molecule has 2 N–H and O–H groups in total. The van der Waals surface area contributed by atoms with E-state index < -0.39 is 0 Å². The molecular formula is C16H21N3O2. The lowest BCUT2D eigenvalue weighted by Gasteiger charge is -2.08. The van der Waals surface area contributed by atoms with Crippen LogP contribution in [0.4, 0.5) is 5.82 Å². The average molecular weight is 287 g/mol. The van der Waals surface area contributed by atoms with Crippen LogP contribution in [0, 0.1) is 0 Å². The SMILES string of the molecule is CCCc1nc(N)cc(Oc2ccc(CCOC)cc2)n1. The Bertz CT molecular complexity index is 570. The summed E-state index contributed by atoms with van der Waals surface area (Å²) in [7, 11) is 1.70. The number of hydrogen-bond donors (Lipinski definition) is 1. The van der Waals surface area contributed by atoms with Crippen LogP contribution in [0.3, 0.4) is 0 Å². The van der Waals surface area contributed by atoms with Gasteiger partial charge in [-0.3, -0.25) is 0 Å². The number of nitrogens with zero attached hydrogens (tertiary/aromatic N) is 2. The number of hydrogen-bond acceptors (Lipinski definition) is 5. The van der Waals surface area contributed by atoms with E-state index in [1.165, 1.54) is 5.56 Å². The van der Waals surface area contributed by atoms with Gasteiger partial charge in [-0.05, 0) is 30.5 Å². The average Bonchev–Trinajstić information content (AvgIpc) is 2.46. The molecule has 1 aromatic heterocycles. The van der Waals surface area contributed by atoms with Crippen LogP contribution in [0.2, 0.25) is 0 Å². The van der Waals surface area contributed by atoms with Gasteiger partial charge >= 0.3 is 0 Å². The second kappa shape index (κ2) is 7.59. The summed E-state index contributed by atoms with van der Waals surface area (Å²) in [5, 5.41) is 0. The van der Waals surface area contributed by atoms with E-state index in [4.69, 9.17) is 15.2 Å². The molecule has 1 heterocycles. The van der Waals surface area contributed by atoms with Gasteiger partial charge in [-0.2, -0.15) is 4.98 Å². The summed E-state index contributed by atoms with van der Waals surface area (Å²) >= 11 is 0. The highest BCUT2D eigenvalue weighted by atomic mass is 16.5. The first kappa shape index (κ1) is 15.3. The van der Waals surface area contributed by atoms with Crippen LogP contribution in [-0.2, 0) is 17.6 Å². The number of aryl methyl sites for hydroxylation is 1. The summed E-state index contributed by atoms with van der Waals surface area (Å²) in [5.74, 6) is 2.36. The largest absolute Gasteiger partial charge is 0.439 e. The van der Waals surface area contributed by atoms with Crippen molar-refractivity contribution in [3.63, 3.8) is 0 Å². The van der Waals surface area contributed by atoms with Crippen molar-refractivity contribution in [3.8, 4) is 11.6 Å². The first-order chi connectivity index (χ1) is 10.2. The van der Waals surface area contributed by atoms with E-state index in [1.54, 1.807) is 13.2 Å². The molecule has 0 amide bonds. The molecule has 1 aromatic carbocycles. The van der Waals surface area contributed by atoms with Crippen LogP contribution in [-0.4, -0.2) is 23.7 Å². The number of ether oxygens (including phenoxy) is 2. The van der Waals surface area contributed by atoms with Gasteiger partial charge in [0.15, 0.2) is 0 Å². The van der Waals surface area contributed by atoms with Crippen LogP contribution in [0.5, 0.6) is 11.6 Å². The molecule has 0 atom stereocenters. The topological polar surface area (TPSA) is 70.3 Å². The highest BCUT2D eigenvalue weighted by molar-refractivity contribution is 5.36. The van der Waals surface area contributed by atoms with Gasteiger partial charge in [0.1, 0.15) is 17.4 Å². The van der Waals surface area contributed by atoms with Crippen LogP contribution in [0.15, 0.2) is 30.3 Å². The number of methoxy groups -OCH3 is 1. The third kappa shape index (κ3) is 4.72. The number of nitrogen functional groups attached to an aromatic ring is 1. The number of benzene rings is 1. The Kier molecular flexibility index (Phi) is 5.51. The van der Waals surface area contributed by atoms with E-state index in [1.807, 2.05) is 24.3 Å². The predicted octanol–water partition coefficient (Wildman–Crippen LogP) is 2.99. The molecule has 0 aliphatic heterocycles. The van der Waals surface area contributed by atoms with Crippen LogP contribution >= 0.6 is 0 Å². The molecule has 0 aliphatic rings. The fourth-order valence-corrected chi connectivity index (χ4v) is 1.94. The maximum atomic E-state index is 5.78. The van der Waals surface area contributed by atoms with Crippen molar-refractivity contribution in [2.24, 2.45) is 0 Å². The van der Waals surface area contributed by atoms with Crippen molar-refractivity contribution >= 4 is 5.82 Å². The fraction of sp³-hybridized carbons (Fsp3) is 0.375. The Morgan fingerprint density at radius 1 is 1.10 bits per heavy atom. The molecule has 112 valence electrons. The molecule has 0 spiro atoms. The lowest BCUT2D eigenvalue weighted by atomic mass is 10.1. The molecule has 0 saturated carbocycles. The zero-order chi connectivity index (χ0) is 15.1. The minimum Gasteiger partial charge on any atom is -0.439 e. The van der Waals surface area contributed by atoms with Gasteiger partial charge in [0.2, 0.25) is 5.88 Å². The molecule has 0 bridgehead atoms. The van der Waals surface area contributed by atoms with Crippen molar-refractivity contribution in [1.29, 1.82) is 0 Å². The normalized spacial score (nSPS) is 10.6. The van der Waals surface area contributed by atoms with Gasteiger partial charge in [0.25, 0.3) is 0 Å². The van der Waals surface area contributed by atoms with E-state index in [-0.39, 0.29) is 0 Å². The summed E-state index contributed by atoms with van der Waals surface area (Å²) < 4.78 is 10.8. The van der Waals surface area contributed by atoms with Crippen molar-refractivity contribution in [1.82, 2.24) is 9.97 Å². The molecule has 0 radical (unpaired) electrons. The predicted molar refractivity (Wildman–Crippen MR) is 82.5 cm³/mol. The minimum atomic E-state index is 0.431. The van der Waals surface area contributed by atoms with E-state index in [0.29, 0.717) is 24.1 Å². The molecule has 2 aromatic rings. The number of nitrogens with two attached hydrogens (primary N) is 1. The first-order valence-electron chi connectivity index (χ1n) is 7.10. The summed E-state index contributed by atoms with van der Waals surface area (Å²) in [6.45, 7) is 2.79. The molecule has 0 saturated heterocycles. The molecule has 0 fully saturated rings. The Balaban J connectivity index is 2.07. The Labute approximate surface area is 125 Å². The zero-order valence-electron chi connectivity index (χ0n) is 12.5. The quantitative estimate of drug-likeness (QED) is 0.847. The Hall–Kier alpha value is -2.14. The molecule has 5 nitrogen and oxygen atoms in total. The fourth-order valence-electron chi connectivity index (χ4n) is 1.94. The molecule has 2 rings (SSSR count). The number of rotatable bonds is 7. The van der Waals surface area contributed by atoms with Gasteiger partial charge in [0.05, 0.1) is 6.61 Å². The number of anilines is 1. The number of aromatic nitrogens is 2. The second-order valence-electron chi connectivity index (χ2n) is 4.79. The van der Waals surface area contributed by atoms with Gasteiger partial charge in [-0.25, -0.2) is 4.98 Å². The van der Waals surface area contributed by atoms with Crippen molar-refractivity contribution < 1.29 is 9.47 Å². The van der Waals surface area contributed by atoms with Crippen LogP contribution < -0.4 is 10.5 Å². The summed E-state index contributed by atoms with van der Waals surface area (Å²) in [4.78, 5) is 8.54. The standard InChI is InChI=1S/C16H21N3O2/c1-3-4-15-18-14(17)11-16(19-15)21-13-7-5-12(6-8-13)9-10-20-2/h5-8,11H,3-4,9-10H2,1-2H3,(H2,17,18,19). The summed E-state index contributed by atoms with van der Waals surface area (Å²) in [6.07, 6.45) is 2.65. The maximum absolute atomic E-state index is 5.78. The van der Waals surface area contributed by atoms with Crippen molar-refractivity contribution in [2.75, 3.05) is 19.5 Å². The molecule has 0 unspecified atom stereocenters. The first-order valence-corrected chi connectivity index (χ1v) is 7.10. The van der Waals surface area contributed by atoms with Crippen LogP contribution in [0.25, 0.3) is 0 Å². The highest BCUT2D eigenvalue weighted by Gasteiger charge is 2.05. The van der Waals surface area contributed by atoms with Crippen molar-refractivity contribution in [2.45, 2.75) is 26.2 Å². The molecule has 0 aliphatic carbocycles.